The molecule has 3 N–H and O–H groups in total. The van der Waals surface area contributed by atoms with Crippen molar-refractivity contribution >= 4 is 0 Å². The van der Waals surface area contributed by atoms with Crippen molar-refractivity contribution < 1.29 is 5.11 Å². The summed E-state index contributed by atoms with van der Waals surface area (Å²) < 4.78 is 0. The Bertz CT molecular complexity index is 163. The lowest BCUT2D eigenvalue weighted by molar-refractivity contribution is 0.0924. The lowest BCUT2D eigenvalue weighted by Gasteiger charge is -2.32. The summed E-state index contributed by atoms with van der Waals surface area (Å²) in [5, 5.41) is 16.4. The third-order valence-corrected chi connectivity index (χ3v) is 3.29. The van der Waals surface area contributed by atoms with Crippen LogP contribution in [0.1, 0.15) is 33.6 Å². The van der Waals surface area contributed by atoms with E-state index in [2.05, 4.69) is 10.6 Å². The molecule has 1 saturated heterocycles. The maximum atomic E-state index is 9.53. The van der Waals surface area contributed by atoms with Gasteiger partial charge in [0.1, 0.15) is 0 Å². The Kier molecular flexibility index (Phi) is 4.35. The second-order valence-electron chi connectivity index (χ2n) is 4.99. The number of aliphatic hydroxyl groups is 1. The molecule has 0 aromatic carbocycles. The molecule has 2 atom stereocenters. The van der Waals surface area contributed by atoms with Crippen molar-refractivity contribution in [3.05, 3.63) is 0 Å². The zero-order chi connectivity index (χ0) is 10.6. The van der Waals surface area contributed by atoms with Gasteiger partial charge in [-0.25, -0.2) is 0 Å². The predicted molar refractivity (Wildman–Crippen MR) is 59.4 cm³/mol. The molecule has 0 bridgehead atoms. The summed E-state index contributed by atoms with van der Waals surface area (Å²) in [5.74, 6) is 0.724. The summed E-state index contributed by atoms with van der Waals surface area (Å²) in [6.45, 7) is 9.22. The number of hydrogen-bond acceptors (Lipinski definition) is 3. The van der Waals surface area contributed by atoms with Crippen LogP contribution in [0, 0.1) is 5.92 Å². The van der Waals surface area contributed by atoms with Gasteiger partial charge >= 0.3 is 0 Å². The molecule has 0 aromatic heterocycles. The Balaban J connectivity index is 2.24. The Labute approximate surface area is 87.3 Å². The van der Waals surface area contributed by atoms with Crippen LogP contribution >= 0.6 is 0 Å². The normalized spacial score (nSPS) is 26.1. The van der Waals surface area contributed by atoms with Gasteiger partial charge in [0, 0.05) is 5.54 Å². The van der Waals surface area contributed by atoms with E-state index in [1.54, 1.807) is 0 Å². The van der Waals surface area contributed by atoms with Crippen molar-refractivity contribution in [2.24, 2.45) is 5.92 Å². The van der Waals surface area contributed by atoms with E-state index < -0.39 is 0 Å². The molecular weight excluding hydrogens is 176 g/mol. The van der Waals surface area contributed by atoms with Crippen LogP contribution in [0.2, 0.25) is 0 Å². The van der Waals surface area contributed by atoms with Crippen LogP contribution in [-0.4, -0.2) is 36.4 Å². The molecule has 1 aliphatic heterocycles. The molecule has 1 rings (SSSR count). The monoisotopic (exact) mass is 200 g/mol. The minimum absolute atomic E-state index is 0.169. The average molecular weight is 200 g/mol. The maximum absolute atomic E-state index is 9.53. The lowest BCUT2D eigenvalue weighted by Crippen LogP contribution is -2.51. The van der Waals surface area contributed by atoms with Crippen LogP contribution in [0.4, 0.5) is 0 Å². The summed E-state index contributed by atoms with van der Waals surface area (Å²) in [6, 6.07) is 0. The molecule has 0 aliphatic carbocycles. The van der Waals surface area contributed by atoms with Gasteiger partial charge in [-0.05, 0) is 59.2 Å². The first-order valence-corrected chi connectivity index (χ1v) is 5.66. The summed E-state index contributed by atoms with van der Waals surface area (Å²) in [6.07, 6.45) is 2.27. The maximum Gasteiger partial charge on any atom is 0.0688 e. The van der Waals surface area contributed by atoms with Crippen LogP contribution in [0.15, 0.2) is 0 Å². The Morgan fingerprint density at radius 2 is 2.29 bits per heavy atom. The van der Waals surface area contributed by atoms with Crippen molar-refractivity contribution in [3.63, 3.8) is 0 Å². The van der Waals surface area contributed by atoms with E-state index >= 15 is 0 Å². The molecule has 0 aromatic rings. The highest BCUT2D eigenvalue weighted by molar-refractivity contribution is 4.84. The zero-order valence-electron chi connectivity index (χ0n) is 9.64. The molecule has 1 fully saturated rings. The topological polar surface area (TPSA) is 44.3 Å². The first-order chi connectivity index (χ1) is 6.52. The van der Waals surface area contributed by atoms with Crippen LogP contribution in [0.5, 0.6) is 0 Å². The number of aliphatic hydroxyl groups excluding tert-OH is 1. The molecule has 14 heavy (non-hydrogen) atoms. The highest BCUT2D eigenvalue weighted by Gasteiger charge is 2.24. The van der Waals surface area contributed by atoms with Crippen molar-refractivity contribution in [1.29, 1.82) is 0 Å². The Morgan fingerprint density at radius 3 is 2.79 bits per heavy atom. The average Bonchev–Trinajstić information content (AvgIpc) is 2.16. The van der Waals surface area contributed by atoms with Crippen LogP contribution in [0.3, 0.4) is 0 Å². The molecular formula is C11H24N2O. The summed E-state index contributed by atoms with van der Waals surface area (Å²) in [5.41, 5.74) is -0.169. The molecule has 3 heteroatoms. The molecule has 84 valence electrons. The minimum Gasteiger partial charge on any atom is -0.392 e. The molecule has 2 unspecified atom stereocenters. The molecule has 0 spiro atoms. The third-order valence-electron chi connectivity index (χ3n) is 3.29. The fourth-order valence-corrected chi connectivity index (χ4v) is 1.65. The highest BCUT2D eigenvalue weighted by Crippen LogP contribution is 2.12. The van der Waals surface area contributed by atoms with E-state index in [1.165, 1.54) is 12.8 Å². The molecule has 1 aliphatic rings. The van der Waals surface area contributed by atoms with Crippen molar-refractivity contribution in [1.82, 2.24) is 10.6 Å². The van der Waals surface area contributed by atoms with Crippen LogP contribution in [0.25, 0.3) is 0 Å². The number of nitrogens with one attached hydrogen (secondary N) is 2. The molecule has 3 nitrogen and oxygen atoms in total. The van der Waals surface area contributed by atoms with Crippen LogP contribution in [-0.2, 0) is 0 Å². The van der Waals surface area contributed by atoms with Gasteiger partial charge in [-0.2, -0.15) is 0 Å². The SMILES string of the molecule is CC(O)C(C)(C)NCC1CCCNC1. The second kappa shape index (κ2) is 5.10. The standard InChI is InChI=1S/C11H24N2O/c1-9(14)11(2,3)13-8-10-5-4-6-12-7-10/h9-10,12-14H,4-8H2,1-3H3. The summed E-state index contributed by atoms with van der Waals surface area (Å²) in [7, 11) is 0. The van der Waals surface area contributed by atoms with Gasteiger partial charge in [0.2, 0.25) is 0 Å². The largest absolute Gasteiger partial charge is 0.392 e. The molecule has 1 heterocycles. The quantitative estimate of drug-likeness (QED) is 0.627. The van der Waals surface area contributed by atoms with E-state index in [9.17, 15) is 5.11 Å². The van der Waals surface area contributed by atoms with Crippen molar-refractivity contribution in [3.8, 4) is 0 Å². The van der Waals surface area contributed by atoms with Gasteiger partial charge in [0.05, 0.1) is 6.10 Å². The lowest BCUT2D eigenvalue weighted by atomic mass is 9.95. The van der Waals surface area contributed by atoms with Gasteiger partial charge in [-0.3, -0.25) is 0 Å². The molecule has 0 amide bonds. The van der Waals surface area contributed by atoms with E-state index in [1.807, 2.05) is 20.8 Å². The number of hydrogen-bond donors (Lipinski definition) is 3. The third kappa shape index (κ3) is 3.56. The first kappa shape index (κ1) is 12.0. The number of piperidine rings is 1. The Morgan fingerprint density at radius 1 is 1.57 bits per heavy atom. The predicted octanol–water partition coefficient (Wildman–Crippen LogP) is 0.735. The van der Waals surface area contributed by atoms with Gasteiger partial charge in [0.15, 0.2) is 0 Å². The zero-order valence-corrected chi connectivity index (χ0v) is 9.64. The van der Waals surface area contributed by atoms with E-state index in [0.29, 0.717) is 0 Å². The van der Waals surface area contributed by atoms with E-state index in [4.69, 9.17) is 0 Å². The number of rotatable bonds is 4. The molecule has 0 saturated carbocycles. The fraction of sp³-hybridized carbons (Fsp3) is 1.00. The second-order valence-corrected chi connectivity index (χ2v) is 4.99. The first-order valence-electron chi connectivity index (χ1n) is 5.66. The minimum atomic E-state index is -0.306. The summed E-state index contributed by atoms with van der Waals surface area (Å²) in [4.78, 5) is 0. The highest BCUT2D eigenvalue weighted by atomic mass is 16.3. The fourth-order valence-electron chi connectivity index (χ4n) is 1.65. The molecule has 0 radical (unpaired) electrons. The summed E-state index contributed by atoms with van der Waals surface area (Å²) >= 11 is 0. The van der Waals surface area contributed by atoms with E-state index in [-0.39, 0.29) is 11.6 Å². The van der Waals surface area contributed by atoms with Gasteiger partial charge in [-0.15, -0.1) is 0 Å². The van der Waals surface area contributed by atoms with Crippen LogP contribution < -0.4 is 10.6 Å². The van der Waals surface area contributed by atoms with Gasteiger partial charge in [-0.1, -0.05) is 0 Å². The van der Waals surface area contributed by atoms with E-state index in [0.717, 1.165) is 25.6 Å². The van der Waals surface area contributed by atoms with Gasteiger partial charge in [0.25, 0.3) is 0 Å². The Hall–Kier alpha value is -0.120. The van der Waals surface area contributed by atoms with Gasteiger partial charge < -0.3 is 15.7 Å². The van der Waals surface area contributed by atoms with Crippen molar-refractivity contribution in [2.45, 2.75) is 45.3 Å². The van der Waals surface area contributed by atoms with Crippen molar-refractivity contribution in [2.75, 3.05) is 19.6 Å². The smallest absolute Gasteiger partial charge is 0.0688 e.